The van der Waals surface area contributed by atoms with Gasteiger partial charge in [-0.3, -0.25) is 0 Å². The standard InChI is InChI=1S/C10H12N2/c1-4-5-9-8(2)6-7-12-10(9)11-3/h4-7H,3H2,1-2H3/b5-4-. The van der Waals surface area contributed by atoms with Gasteiger partial charge in [-0.1, -0.05) is 12.2 Å². The number of nitrogens with zero attached hydrogens (tertiary/aromatic N) is 2. The van der Waals surface area contributed by atoms with E-state index in [4.69, 9.17) is 0 Å². The summed E-state index contributed by atoms with van der Waals surface area (Å²) in [6.07, 6.45) is 5.71. The highest BCUT2D eigenvalue weighted by atomic mass is 14.9. The van der Waals surface area contributed by atoms with Gasteiger partial charge in [0.1, 0.15) is 0 Å². The monoisotopic (exact) mass is 160 g/mol. The molecule has 0 saturated carbocycles. The Bertz CT molecular complexity index is 314. The van der Waals surface area contributed by atoms with Crippen molar-refractivity contribution in [2.75, 3.05) is 0 Å². The SMILES string of the molecule is C=Nc1nccc(C)c1/C=C\C. The maximum Gasteiger partial charge on any atom is 0.158 e. The van der Waals surface area contributed by atoms with Crippen LogP contribution >= 0.6 is 0 Å². The van der Waals surface area contributed by atoms with Crippen molar-refractivity contribution in [2.24, 2.45) is 4.99 Å². The quantitative estimate of drug-likeness (QED) is 0.611. The minimum Gasteiger partial charge on any atom is -0.245 e. The topological polar surface area (TPSA) is 25.2 Å². The summed E-state index contributed by atoms with van der Waals surface area (Å²) in [6, 6.07) is 1.96. The van der Waals surface area contributed by atoms with Gasteiger partial charge >= 0.3 is 0 Å². The van der Waals surface area contributed by atoms with Crippen molar-refractivity contribution in [2.45, 2.75) is 13.8 Å². The van der Waals surface area contributed by atoms with Gasteiger partial charge in [0.15, 0.2) is 5.82 Å². The van der Waals surface area contributed by atoms with Crippen LogP contribution in [0.1, 0.15) is 18.1 Å². The predicted octanol–water partition coefficient (Wildman–Crippen LogP) is 2.76. The van der Waals surface area contributed by atoms with E-state index in [1.165, 1.54) is 5.56 Å². The number of pyridine rings is 1. The molecule has 0 atom stereocenters. The largest absolute Gasteiger partial charge is 0.245 e. The minimum absolute atomic E-state index is 0.702. The van der Waals surface area contributed by atoms with Gasteiger partial charge in [0, 0.05) is 11.8 Å². The smallest absolute Gasteiger partial charge is 0.158 e. The fourth-order valence-corrected chi connectivity index (χ4v) is 1.05. The summed E-state index contributed by atoms with van der Waals surface area (Å²) < 4.78 is 0. The molecule has 0 aliphatic heterocycles. The van der Waals surface area contributed by atoms with Crippen LogP contribution in [0.4, 0.5) is 5.82 Å². The van der Waals surface area contributed by atoms with Crippen LogP contribution in [0.2, 0.25) is 0 Å². The summed E-state index contributed by atoms with van der Waals surface area (Å²) in [6.45, 7) is 7.47. The van der Waals surface area contributed by atoms with Crippen LogP contribution in [0.5, 0.6) is 0 Å². The number of aryl methyl sites for hydroxylation is 1. The summed E-state index contributed by atoms with van der Waals surface area (Å²) in [5.74, 6) is 0.702. The summed E-state index contributed by atoms with van der Waals surface area (Å²) in [4.78, 5) is 7.93. The van der Waals surface area contributed by atoms with Gasteiger partial charge in [-0.05, 0) is 32.2 Å². The summed E-state index contributed by atoms with van der Waals surface area (Å²) in [5.41, 5.74) is 2.22. The lowest BCUT2D eigenvalue weighted by atomic mass is 10.1. The highest BCUT2D eigenvalue weighted by molar-refractivity contribution is 5.65. The van der Waals surface area contributed by atoms with Crippen molar-refractivity contribution in [3.8, 4) is 0 Å². The third kappa shape index (κ3) is 1.59. The van der Waals surface area contributed by atoms with Crippen molar-refractivity contribution in [1.82, 2.24) is 4.98 Å². The average molecular weight is 160 g/mol. The molecule has 0 fully saturated rings. The first-order valence-corrected chi connectivity index (χ1v) is 3.84. The number of aliphatic imine (C=N–C) groups is 1. The molecule has 0 amide bonds. The Morgan fingerprint density at radius 1 is 1.58 bits per heavy atom. The van der Waals surface area contributed by atoms with E-state index in [0.29, 0.717) is 5.82 Å². The molecular formula is C10H12N2. The molecule has 1 aromatic heterocycles. The number of allylic oxidation sites excluding steroid dienone is 1. The molecule has 0 saturated heterocycles. The van der Waals surface area contributed by atoms with Gasteiger partial charge in [0.25, 0.3) is 0 Å². The number of rotatable bonds is 2. The molecule has 0 N–H and O–H groups in total. The first-order chi connectivity index (χ1) is 5.79. The summed E-state index contributed by atoms with van der Waals surface area (Å²) in [5, 5.41) is 0. The normalized spacial score (nSPS) is 10.5. The van der Waals surface area contributed by atoms with Crippen LogP contribution in [-0.4, -0.2) is 11.7 Å². The van der Waals surface area contributed by atoms with E-state index < -0.39 is 0 Å². The lowest BCUT2D eigenvalue weighted by molar-refractivity contribution is 1.24. The predicted molar refractivity (Wildman–Crippen MR) is 52.9 cm³/mol. The molecule has 1 heterocycles. The van der Waals surface area contributed by atoms with Crippen LogP contribution in [0.3, 0.4) is 0 Å². The van der Waals surface area contributed by atoms with E-state index in [1.54, 1.807) is 6.20 Å². The van der Waals surface area contributed by atoms with Crippen molar-refractivity contribution < 1.29 is 0 Å². The molecule has 12 heavy (non-hydrogen) atoms. The van der Waals surface area contributed by atoms with Crippen molar-refractivity contribution in [3.63, 3.8) is 0 Å². The number of aromatic nitrogens is 1. The molecule has 2 heteroatoms. The maximum atomic E-state index is 4.10. The van der Waals surface area contributed by atoms with Gasteiger partial charge in [-0.2, -0.15) is 0 Å². The fraction of sp³-hybridized carbons (Fsp3) is 0.200. The average Bonchev–Trinajstić information content (AvgIpc) is 2.09. The molecular weight excluding hydrogens is 148 g/mol. The Morgan fingerprint density at radius 2 is 2.33 bits per heavy atom. The zero-order valence-corrected chi connectivity index (χ0v) is 7.41. The Labute approximate surface area is 72.7 Å². The summed E-state index contributed by atoms with van der Waals surface area (Å²) >= 11 is 0. The lowest BCUT2D eigenvalue weighted by Gasteiger charge is -2.01. The second-order valence-corrected chi connectivity index (χ2v) is 2.52. The van der Waals surface area contributed by atoms with Gasteiger partial charge in [-0.25, -0.2) is 9.98 Å². The molecule has 0 aromatic carbocycles. The van der Waals surface area contributed by atoms with E-state index in [9.17, 15) is 0 Å². The van der Waals surface area contributed by atoms with E-state index in [0.717, 1.165) is 5.56 Å². The van der Waals surface area contributed by atoms with E-state index in [-0.39, 0.29) is 0 Å². The van der Waals surface area contributed by atoms with Crippen LogP contribution in [-0.2, 0) is 0 Å². The highest BCUT2D eigenvalue weighted by Crippen LogP contribution is 2.20. The fourth-order valence-electron chi connectivity index (χ4n) is 1.05. The minimum atomic E-state index is 0.702. The first-order valence-electron chi connectivity index (χ1n) is 3.84. The molecule has 1 aromatic rings. The van der Waals surface area contributed by atoms with Crippen molar-refractivity contribution in [1.29, 1.82) is 0 Å². The van der Waals surface area contributed by atoms with Gasteiger partial charge in [-0.15, -0.1) is 0 Å². The third-order valence-corrected chi connectivity index (χ3v) is 1.67. The third-order valence-electron chi connectivity index (χ3n) is 1.67. The van der Waals surface area contributed by atoms with Crippen molar-refractivity contribution >= 4 is 18.6 Å². The zero-order chi connectivity index (χ0) is 8.97. The van der Waals surface area contributed by atoms with Gasteiger partial charge < -0.3 is 0 Å². The number of hydrogen-bond donors (Lipinski definition) is 0. The Balaban J connectivity index is 3.28. The van der Waals surface area contributed by atoms with Crippen LogP contribution in [0.25, 0.3) is 6.08 Å². The van der Waals surface area contributed by atoms with E-state index in [1.807, 2.05) is 32.1 Å². The zero-order valence-electron chi connectivity index (χ0n) is 7.41. The second kappa shape index (κ2) is 3.81. The Kier molecular flexibility index (Phi) is 2.75. The van der Waals surface area contributed by atoms with E-state index in [2.05, 4.69) is 16.7 Å². The van der Waals surface area contributed by atoms with Crippen LogP contribution in [0.15, 0.2) is 23.3 Å². The molecule has 0 unspecified atom stereocenters. The molecule has 0 aliphatic rings. The molecule has 62 valence electrons. The van der Waals surface area contributed by atoms with Gasteiger partial charge in [0.05, 0.1) is 0 Å². The molecule has 0 aliphatic carbocycles. The summed E-state index contributed by atoms with van der Waals surface area (Å²) in [7, 11) is 0. The molecule has 2 nitrogen and oxygen atoms in total. The molecule has 0 bridgehead atoms. The van der Waals surface area contributed by atoms with Crippen LogP contribution < -0.4 is 0 Å². The van der Waals surface area contributed by atoms with E-state index >= 15 is 0 Å². The second-order valence-electron chi connectivity index (χ2n) is 2.52. The molecule has 1 rings (SSSR count). The van der Waals surface area contributed by atoms with Crippen molar-refractivity contribution in [3.05, 3.63) is 29.5 Å². The van der Waals surface area contributed by atoms with Crippen LogP contribution in [0, 0.1) is 6.92 Å². The lowest BCUT2D eigenvalue weighted by Crippen LogP contribution is -1.84. The maximum absolute atomic E-state index is 4.10. The molecule has 0 radical (unpaired) electrons. The highest BCUT2D eigenvalue weighted by Gasteiger charge is 1.99. The first kappa shape index (κ1) is 8.65. The Hall–Kier alpha value is -1.44. The van der Waals surface area contributed by atoms with Gasteiger partial charge in [0.2, 0.25) is 0 Å². The Morgan fingerprint density at radius 3 is 2.92 bits per heavy atom. The molecule has 0 spiro atoms. The number of hydrogen-bond acceptors (Lipinski definition) is 2.